The molecule has 0 radical (unpaired) electrons. The van der Waals surface area contributed by atoms with Crippen molar-refractivity contribution in [3.63, 3.8) is 0 Å². The molecule has 0 saturated carbocycles. The predicted molar refractivity (Wildman–Crippen MR) is 407 cm³/mol. The molecule has 0 N–H and O–H groups in total. The number of hydrogen-bond acceptors (Lipinski definition) is 11. The lowest BCUT2D eigenvalue weighted by atomic mass is 9.82. The number of fused-ring (bicyclic) bond motifs is 20. The summed E-state index contributed by atoms with van der Waals surface area (Å²) < 4.78 is 21.9. The molecular formula is C90H57N9O3. The van der Waals surface area contributed by atoms with E-state index in [0.29, 0.717) is 35.1 Å². The average molecular weight is 1310 g/mol. The zero-order valence-electron chi connectivity index (χ0n) is 54.7. The summed E-state index contributed by atoms with van der Waals surface area (Å²) in [6.45, 7) is 0. The smallest absolute Gasteiger partial charge is 0.238 e. The van der Waals surface area contributed by atoms with Crippen LogP contribution in [0, 0.1) is 0 Å². The molecule has 4 unspecified atom stereocenters. The Balaban J connectivity index is 0.000000133. The lowest BCUT2D eigenvalue weighted by Gasteiger charge is -2.30. The predicted octanol–water partition coefficient (Wildman–Crippen LogP) is 21.9. The zero-order valence-corrected chi connectivity index (χ0v) is 54.7. The lowest BCUT2D eigenvalue weighted by Crippen LogP contribution is -2.30. The highest BCUT2D eigenvalue weighted by molar-refractivity contribution is 6.10. The quantitative estimate of drug-likeness (QED) is 0.144. The molecule has 480 valence electrons. The van der Waals surface area contributed by atoms with Crippen LogP contribution in [0.4, 0.5) is 22.7 Å². The number of benzene rings is 12. The number of anilines is 4. The molecule has 0 saturated heterocycles. The fourth-order valence-electron chi connectivity index (χ4n) is 16.3. The van der Waals surface area contributed by atoms with Crippen LogP contribution in [0.1, 0.15) is 45.6 Å². The topological polar surface area (TPSA) is 128 Å². The molecule has 12 heteroatoms. The standard InChI is InChI=1S/C45H29N5O.C45H28N4O2/c1-3-14-28(15-4-1)43-46-44(48-45(47-43)50-35-23-10-7-18-30(35)31-19-8-11-24-36(31)50)34-22-13-21-33-41-39(51-42(33)34)27-26-38-40(41)32-20-9-12-25-37(32)49(38)29-16-5-2-6-17-29;1-3-12-27(13-4-1)43-46-44(28-22-24-38-34(26-28)30-16-8-10-21-37(30)50-38)48-45(47-43)33-19-11-18-32-41-39(51-42(32)33)25-23-36-40(41)31-17-7-9-20-35(31)49(36)29-14-5-2-6-15-29/h1-27,38,40H;1-26,36,40H. The molecule has 0 bridgehead atoms. The largest absolute Gasteiger partial charge is 0.456 e. The third-order valence-electron chi connectivity index (χ3n) is 20.7. The highest BCUT2D eigenvalue weighted by Crippen LogP contribution is 2.56. The van der Waals surface area contributed by atoms with Gasteiger partial charge in [0.05, 0.1) is 34.2 Å². The molecule has 22 rings (SSSR count). The fourth-order valence-corrected chi connectivity index (χ4v) is 16.3. The van der Waals surface area contributed by atoms with Gasteiger partial charge in [-0.2, -0.15) is 9.97 Å². The first-order chi connectivity index (χ1) is 50.6. The second-order valence-electron chi connectivity index (χ2n) is 26.3. The van der Waals surface area contributed by atoms with Crippen LogP contribution in [0.25, 0.3) is 141 Å². The minimum absolute atomic E-state index is 0.100. The van der Waals surface area contributed by atoms with Gasteiger partial charge in [-0.1, -0.05) is 224 Å². The van der Waals surface area contributed by atoms with Gasteiger partial charge in [0.1, 0.15) is 33.9 Å². The van der Waals surface area contributed by atoms with Crippen LogP contribution in [0.15, 0.2) is 323 Å². The highest BCUT2D eigenvalue weighted by Gasteiger charge is 2.45. The van der Waals surface area contributed by atoms with E-state index >= 15 is 0 Å². The number of furan rings is 3. The van der Waals surface area contributed by atoms with Gasteiger partial charge in [0, 0.05) is 94.7 Å². The number of rotatable bonds is 8. The first-order valence-electron chi connectivity index (χ1n) is 34.5. The van der Waals surface area contributed by atoms with E-state index < -0.39 is 0 Å². The maximum atomic E-state index is 6.84. The molecule has 6 aromatic heterocycles. The van der Waals surface area contributed by atoms with Gasteiger partial charge in [-0.25, -0.2) is 19.9 Å². The molecule has 12 aromatic carbocycles. The summed E-state index contributed by atoms with van der Waals surface area (Å²) in [5.41, 5.74) is 19.5. The summed E-state index contributed by atoms with van der Waals surface area (Å²) in [4.78, 5) is 35.6. The van der Waals surface area contributed by atoms with E-state index in [1.165, 1.54) is 45.0 Å². The van der Waals surface area contributed by atoms with E-state index in [2.05, 4.69) is 245 Å². The summed E-state index contributed by atoms with van der Waals surface area (Å²) in [6, 6.07) is 103. The van der Waals surface area contributed by atoms with Crippen molar-refractivity contribution in [2.75, 3.05) is 9.80 Å². The van der Waals surface area contributed by atoms with Crippen LogP contribution in [0.2, 0.25) is 0 Å². The van der Waals surface area contributed by atoms with Gasteiger partial charge in [0.25, 0.3) is 0 Å². The van der Waals surface area contributed by atoms with E-state index in [-0.39, 0.29) is 23.9 Å². The van der Waals surface area contributed by atoms with Crippen molar-refractivity contribution in [2.45, 2.75) is 23.9 Å². The van der Waals surface area contributed by atoms with Crippen LogP contribution >= 0.6 is 0 Å². The SMILES string of the molecule is C1=CC2C(c3ccccc3N2c2ccccc2)c2c1oc1c(-c3nc(-c4ccccc4)nc(-c4ccc5oc6ccccc6c5c4)n3)cccc21.C1=CC2C(c3ccccc3N2c2ccccc2)c2c1oc1c(-c3nc(-c4ccccc4)nc(-n4c5ccccc5c5ccccc54)n3)cccc21. The maximum Gasteiger partial charge on any atom is 0.238 e. The van der Waals surface area contributed by atoms with Crippen LogP contribution in [0.3, 0.4) is 0 Å². The second kappa shape index (κ2) is 23.0. The molecule has 2 aliphatic carbocycles. The Kier molecular flexibility index (Phi) is 13.0. The first kappa shape index (κ1) is 57.5. The molecule has 0 amide bonds. The maximum absolute atomic E-state index is 6.84. The first-order valence-corrected chi connectivity index (χ1v) is 34.5. The average Bonchev–Trinajstić information content (AvgIpc) is 1.56. The van der Waals surface area contributed by atoms with E-state index in [4.69, 9.17) is 43.2 Å². The van der Waals surface area contributed by atoms with Gasteiger partial charge in [0.15, 0.2) is 29.1 Å². The minimum Gasteiger partial charge on any atom is -0.456 e. The molecule has 12 nitrogen and oxygen atoms in total. The third kappa shape index (κ3) is 9.02. The Labute approximate surface area is 584 Å². The molecule has 18 aromatic rings. The molecule has 0 fully saturated rings. The number of para-hydroxylation sites is 9. The van der Waals surface area contributed by atoms with Crippen molar-refractivity contribution >= 4 is 101 Å². The third-order valence-corrected chi connectivity index (χ3v) is 20.7. The molecule has 2 aliphatic heterocycles. The lowest BCUT2D eigenvalue weighted by molar-refractivity contribution is 0.584. The summed E-state index contributed by atoms with van der Waals surface area (Å²) >= 11 is 0. The highest BCUT2D eigenvalue weighted by atomic mass is 16.3. The van der Waals surface area contributed by atoms with Gasteiger partial charge >= 0.3 is 0 Å². The second-order valence-corrected chi connectivity index (χ2v) is 26.3. The van der Waals surface area contributed by atoms with Crippen molar-refractivity contribution in [2.24, 2.45) is 0 Å². The fraction of sp³-hybridized carbons (Fsp3) is 0.0444. The summed E-state index contributed by atoms with van der Waals surface area (Å²) in [6.07, 6.45) is 8.86. The van der Waals surface area contributed by atoms with Gasteiger partial charge in [-0.15, -0.1) is 0 Å². The Hall–Kier alpha value is -13.6. The van der Waals surface area contributed by atoms with Gasteiger partial charge < -0.3 is 23.1 Å². The molecule has 4 aliphatic rings. The van der Waals surface area contributed by atoms with Gasteiger partial charge in [-0.05, 0) is 108 Å². The van der Waals surface area contributed by atoms with Crippen molar-refractivity contribution in [3.8, 4) is 62.9 Å². The van der Waals surface area contributed by atoms with E-state index in [1.54, 1.807) is 0 Å². The number of aromatic nitrogens is 7. The molecule has 4 atom stereocenters. The van der Waals surface area contributed by atoms with Crippen LogP contribution in [-0.4, -0.2) is 46.6 Å². The molecular weight excluding hydrogens is 1260 g/mol. The van der Waals surface area contributed by atoms with E-state index in [9.17, 15) is 0 Å². The van der Waals surface area contributed by atoms with Crippen LogP contribution in [-0.2, 0) is 0 Å². The van der Waals surface area contributed by atoms with E-state index in [1.807, 2.05) is 91.0 Å². The van der Waals surface area contributed by atoms with E-state index in [0.717, 1.165) is 105 Å². The van der Waals surface area contributed by atoms with Crippen molar-refractivity contribution < 1.29 is 13.3 Å². The minimum atomic E-state index is 0.100. The Bertz CT molecular complexity index is 6400. The summed E-state index contributed by atoms with van der Waals surface area (Å²) in [5.74, 6) is 5.43. The molecule has 0 spiro atoms. The summed E-state index contributed by atoms with van der Waals surface area (Å²) in [5, 5.41) is 6.53. The van der Waals surface area contributed by atoms with Gasteiger partial charge in [0.2, 0.25) is 5.95 Å². The molecule has 102 heavy (non-hydrogen) atoms. The Morgan fingerprint density at radius 2 is 0.706 bits per heavy atom. The van der Waals surface area contributed by atoms with Gasteiger partial charge in [-0.3, -0.25) is 4.57 Å². The zero-order chi connectivity index (χ0) is 66.9. The number of nitrogens with zero attached hydrogens (tertiary/aromatic N) is 9. The van der Waals surface area contributed by atoms with Crippen molar-refractivity contribution in [1.29, 1.82) is 0 Å². The summed E-state index contributed by atoms with van der Waals surface area (Å²) in [7, 11) is 0. The normalized spacial score (nSPS) is 16.1. The van der Waals surface area contributed by atoms with Crippen LogP contribution in [0.5, 0.6) is 0 Å². The molecule has 8 heterocycles. The monoisotopic (exact) mass is 1310 g/mol. The number of hydrogen-bond donors (Lipinski definition) is 0. The Morgan fingerprint density at radius 3 is 1.25 bits per heavy atom. The Morgan fingerprint density at radius 1 is 0.294 bits per heavy atom. The van der Waals surface area contributed by atoms with Crippen molar-refractivity contribution in [1.82, 2.24) is 34.5 Å². The van der Waals surface area contributed by atoms with Crippen LogP contribution < -0.4 is 9.80 Å². The van der Waals surface area contributed by atoms with Crippen molar-refractivity contribution in [3.05, 3.63) is 343 Å².